The summed E-state index contributed by atoms with van der Waals surface area (Å²) >= 11 is 0. The van der Waals surface area contributed by atoms with Crippen LogP contribution in [0, 0.1) is 6.92 Å². The molecule has 1 saturated carbocycles. The summed E-state index contributed by atoms with van der Waals surface area (Å²) in [6, 6.07) is 28.7. The van der Waals surface area contributed by atoms with E-state index in [4.69, 9.17) is 0 Å². The molecule has 0 bridgehead atoms. The molecule has 4 rings (SSSR count). The third-order valence-corrected chi connectivity index (χ3v) is 5.20. The Morgan fingerprint density at radius 2 is 1.32 bits per heavy atom. The molecule has 0 unspecified atom stereocenters. The number of carbonyl (C=O) groups is 1. The van der Waals surface area contributed by atoms with Gasteiger partial charge in [-0.2, -0.15) is 0 Å². The van der Waals surface area contributed by atoms with E-state index in [0.717, 1.165) is 29.5 Å². The van der Waals surface area contributed by atoms with Crippen LogP contribution < -0.4 is 10.6 Å². The summed E-state index contributed by atoms with van der Waals surface area (Å²) in [6.45, 7) is 2.09. The van der Waals surface area contributed by atoms with E-state index < -0.39 is 6.04 Å². The van der Waals surface area contributed by atoms with Crippen molar-refractivity contribution in [3.8, 4) is 0 Å². The molecule has 3 nitrogen and oxygen atoms in total. The van der Waals surface area contributed by atoms with Gasteiger partial charge in [0.05, 0.1) is 6.04 Å². The van der Waals surface area contributed by atoms with Crippen LogP contribution in [0.4, 0.5) is 0 Å². The molecule has 2 atom stereocenters. The van der Waals surface area contributed by atoms with E-state index in [2.05, 4.69) is 54.0 Å². The number of hydrogen-bond donors (Lipinski definition) is 2. The largest absolute Gasteiger partial charge is 0.352 e. The Balaban J connectivity index is 1.69. The average molecular weight is 370 g/mol. The number of hydrogen-bond acceptors (Lipinski definition) is 2. The third kappa shape index (κ3) is 4.49. The molecular formula is C25H26N2O. The Hall–Kier alpha value is -2.91. The molecule has 1 aliphatic rings. The number of amides is 1. The summed E-state index contributed by atoms with van der Waals surface area (Å²) in [7, 11) is 0. The average Bonchev–Trinajstić information content (AvgIpc) is 3.55. The van der Waals surface area contributed by atoms with Crippen LogP contribution in [0.25, 0.3) is 0 Å². The van der Waals surface area contributed by atoms with Gasteiger partial charge >= 0.3 is 0 Å². The van der Waals surface area contributed by atoms with Crippen LogP contribution >= 0.6 is 0 Å². The fourth-order valence-electron chi connectivity index (χ4n) is 3.44. The fraction of sp³-hybridized carbons (Fsp3) is 0.240. The van der Waals surface area contributed by atoms with Gasteiger partial charge in [0.1, 0.15) is 6.04 Å². The van der Waals surface area contributed by atoms with E-state index in [-0.39, 0.29) is 11.9 Å². The van der Waals surface area contributed by atoms with Crippen LogP contribution in [-0.2, 0) is 4.79 Å². The Bertz CT molecular complexity index is 902. The van der Waals surface area contributed by atoms with Crippen molar-refractivity contribution in [3.63, 3.8) is 0 Å². The van der Waals surface area contributed by atoms with Crippen molar-refractivity contribution < 1.29 is 4.79 Å². The Morgan fingerprint density at radius 3 is 1.89 bits per heavy atom. The summed E-state index contributed by atoms with van der Waals surface area (Å²) < 4.78 is 0. The van der Waals surface area contributed by atoms with Crippen LogP contribution in [0.1, 0.15) is 47.2 Å². The van der Waals surface area contributed by atoms with Gasteiger partial charge in [0.15, 0.2) is 0 Å². The van der Waals surface area contributed by atoms with E-state index in [1.54, 1.807) is 0 Å². The van der Waals surface area contributed by atoms with Gasteiger partial charge in [-0.3, -0.25) is 10.1 Å². The molecule has 0 saturated heterocycles. The summed E-state index contributed by atoms with van der Waals surface area (Å²) in [5, 5.41) is 6.81. The van der Waals surface area contributed by atoms with Crippen molar-refractivity contribution in [2.45, 2.75) is 37.9 Å². The number of carbonyl (C=O) groups excluding carboxylic acids is 1. The highest BCUT2D eigenvalue weighted by Crippen LogP contribution is 2.28. The van der Waals surface area contributed by atoms with Gasteiger partial charge in [-0.25, -0.2) is 0 Å². The lowest BCUT2D eigenvalue weighted by Crippen LogP contribution is -2.40. The second kappa shape index (κ2) is 8.41. The zero-order valence-electron chi connectivity index (χ0n) is 16.1. The molecule has 0 aromatic heterocycles. The van der Waals surface area contributed by atoms with Crippen molar-refractivity contribution in [1.29, 1.82) is 0 Å². The predicted molar refractivity (Wildman–Crippen MR) is 113 cm³/mol. The molecule has 0 aliphatic heterocycles. The molecule has 3 aromatic rings. The van der Waals surface area contributed by atoms with Gasteiger partial charge < -0.3 is 5.32 Å². The molecule has 1 fully saturated rings. The maximum Gasteiger partial charge on any atom is 0.241 e. The summed E-state index contributed by atoms with van der Waals surface area (Å²) in [5.74, 6) is 0.0433. The first-order chi connectivity index (χ1) is 13.7. The second-order valence-electron chi connectivity index (χ2n) is 7.55. The van der Waals surface area contributed by atoms with Gasteiger partial charge in [-0.05, 0) is 36.5 Å². The normalized spacial score (nSPS) is 15.6. The predicted octanol–water partition coefficient (Wildman–Crippen LogP) is 4.69. The molecule has 3 aromatic carbocycles. The molecule has 0 heterocycles. The maximum atomic E-state index is 13.1. The molecule has 1 amide bonds. The minimum atomic E-state index is -0.409. The molecule has 2 N–H and O–H groups in total. The smallest absolute Gasteiger partial charge is 0.241 e. The maximum absolute atomic E-state index is 13.1. The van der Waals surface area contributed by atoms with Gasteiger partial charge in [0, 0.05) is 6.04 Å². The van der Waals surface area contributed by atoms with Crippen molar-refractivity contribution in [1.82, 2.24) is 10.6 Å². The zero-order valence-corrected chi connectivity index (χ0v) is 16.1. The summed E-state index contributed by atoms with van der Waals surface area (Å²) in [5.41, 5.74) is 4.50. The molecule has 0 spiro atoms. The first kappa shape index (κ1) is 18.5. The van der Waals surface area contributed by atoms with Crippen LogP contribution in [0.15, 0.2) is 84.9 Å². The van der Waals surface area contributed by atoms with Crippen molar-refractivity contribution in [2.24, 2.45) is 0 Å². The van der Waals surface area contributed by atoms with E-state index in [1.807, 2.05) is 48.5 Å². The number of aryl methyl sites for hydroxylation is 1. The molecule has 0 radical (unpaired) electrons. The van der Waals surface area contributed by atoms with Crippen molar-refractivity contribution in [2.75, 3.05) is 0 Å². The lowest BCUT2D eigenvalue weighted by molar-refractivity contribution is -0.123. The standard InChI is InChI=1S/C25H26N2O/c1-18-12-14-21(15-13-18)23(19-8-4-2-5-9-19)27-24(20-10-6-3-7-11-20)25(28)26-22-16-17-22/h2-15,22-24,27H,16-17H2,1H3,(H,26,28)/t23-,24-/m0/s1. The Kier molecular flexibility index (Phi) is 5.54. The minimum absolute atomic E-state index is 0.0433. The summed E-state index contributed by atoms with van der Waals surface area (Å²) in [4.78, 5) is 13.1. The topological polar surface area (TPSA) is 41.1 Å². The third-order valence-electron chi connectivity index (χ3n) is 5.20. The Morgan fingerprint density at radius 1 is 0.786 bits per heavy atom. The van der Waals surface area contributed by atoms with Crippen molar-refractivity contribution in [3.05, 3.63) is 107 Å². The quantitative estimate of drug-likeness (QED) is 0.633. The van der Waals surface area contributed by atoms with Gasteiger partial charge in [-0.15, -0.1) is 0 Å². The lowest BCUT2D eigenvalue weighted by Gasteiger charge is -2.27. The van der Waals surface area contributed by atoms with E-state index >= 15 is 0 Å². The SMILES string of the molecule is Cc1ccc([C@@H](N[C@H](C(=O)NC2CC2)c2ccccc2)c2ccccc2)cc1. The minimum Gasteiger partial charge on any atom is -0.352 e. The second-order valence-corrected chi connectivity index (χ2v) is 7.55. The van der Waals surface area contributed by atoms with Crippen LogP contribution in [-0.4, -0.2) is 11.9 Å². The highest BCUT2D eigenvalue weighted by molar-refractivity contribution is 5.83. The molecule has 142 valence electrons. The van der Waals surface area contributed by atoms with Gasteiger partial charge in [0.25, 0.3) is 0 Å². The first-order valence-corrected chi connectivity index (χ1v) is 9.93. The van der Waals surface area contributed by atoms with E-state index in [1.165, 1.54) is 5.56 Å². The molecule has 3 heteroatoms. The zero-order chi connectivity index (χ0) is 19.3. The highest BCUT2D eigenvalue weighted by Gasteiger charge is 2.30. The number of benzene rings is 3. The van der Waals surface area contributed by atoms with Crippen LogP contribution in [0.2, 0.25) is 0 Å². The van der Waals surface area contributed by atoms with Crippen LogP contribution in [0.5, 0.6) is 0 Å². The molecule has 28 heavy (non-hydrogen) atoms. The lowest BCUT2D eigenvalue weighted by atomic mass is 9.95. The number of rotatable bonds is 7. The van der Waals surface area contributed by atoms with Crippen molar-refractivity contribution >= 4 is 5.91 Å². The van der Waals surface area contributed by atoms with Gasteiger partial charge in [0.2, 0.25) is 5.91 Å². The van der Waals surface area contributed by atoms with Crippen LogP contribution in [0.3, 0.4) is 0 Å². The summed E-state index contributed by atoms with van der Waals surface area (Å²) in [6.07, 6.45) is 2.15. The van der Waals surface area contributed by atoms with E-state index in [9.17, 15) is 4.79 Å². The monoisotopic (exact) mass is 370 g/mol. The molecular weight excluding hydrogens is 344 g/mol. The number of nitrogens with one attached hydrogen (secondary N) is 2. The highest BCUT2D eigenvalue weighted by atomic mass is 16.2. The molecule has 1 aliphatic carbocycles. The van der Waals surface area contributed by atoms with E-state index in [0.29, 0.717) is 6.04 Å². The van der Waals surface area contributed by atoms with Gasteiger partial charge in [-0.1, -0.05) is 90.5 Å². The Labute approximate surface area is 166 Å². The fourth-order valence-corrected chi connectivity index (χ4v) is 3.44. The first-order valence-electron chi connectivity index (χ1n) is 9.93.